The fourth-order valence-corrected chi connectivity index (χ4v) is 2.49. The summed E-state index contributed by atoms with van der Waals surface area (Å²) in [5.74, 6) is 1.04. The Morgan fingerprint density at radius 2 is 2.05 bits per heavy atom. The van der Waals surface area contributed by atoms with Crippen molar-refractivity contribution >= 4 is 17.7 Å². The molecule has 1 aliphatic heterocycles. The first kappa shape index (κ1) is 16.3. The van der Waals surface area contributed by atoms with Gasteiger partial charge in [-0.1, -0.05) is 18.9 Å². The molecule has 0 spiro atoms. The van der Waals surface area contributed by atoms with Gasteiger partial charge in [-0.2, -0.15) is 0 Å². The van der Waals surface area contributed by atoms with Crippen LogP contribution in [-0.4, -0.2) is 41.4 Å². The zero-order chi connectivity index (χ0) is 15.8. The number of rotatable bonds is 4. The van der Waals surface area contributed by atoms with Gasteiger partial charge in [-0.05, 0) is 31.9 Å². The number of likely N-dealkylation sites (tertiary alicyclic amines) is 1. The number of pyridine rings is 1. The highest BCUT2D eigenvalue weighted by Crippen LogP contribution is 2.09. The second-order valence-electron chi connectivity index (χ2n) is 5.60. The molecule has 3 N–H and O–H groups in total. The lowest BCUT2D eigenvalue weighted by molar-refractivity contribution is -0.116. The van der Waals surface area contributed by atoms with Crippen LogP contribution in [0.2, 0.25) is 0 Å². The second kappa shape index (κ2) is 8.36. The SMILES string of the molecule is Cc1cccc(NC(=O)CCN=C(N)N2CCCCCC2)n1. The Hall–Kier alpha value is -2.11. The molecule has 0 saturated carbocycles. The number of anilines is 1. The maximum atomic E-state index is 11.9. The van der Waals surface area contributed by atoms with E-state index >= 15 is 0 Å². The number of carbonyl (C=O) groups is 1. The number of carbonyl (C=O) groups excluding carboxylic acids is 1. The Kier molecular flexibility index (Phi) is 6.18. The van der Waals surface area contributed by atoms with Gasteiger partial charge in [0.2, 0.25) is 5.91 Å². The Balaban J connectivity index is 1.76. The maximum absolute atomic E-state index is 11.9. The van der Waals surface area contributed by atoms with Crippen molar-refractivity contribution in [2.24, 2.45) is 10.7 Å². The van der Waals surface area contributed by atoms with Crippen molar-refractivity contribution in [1.82, 2.24) is 9.88 Å². The molecule has 120 valence electrons. The summed E-state index contributed by atoms with van der Waals surface area (Å²) in [6.07, 6.45) is 5.15. The topological polar surface area (TPSA) is 83.6 Å². The third kappa shape index (κ3) is 5.35. The molecule has 2 heterocycles. The predicted molar refractivity (Wildman–Crippen MR) is 88.8 cm³/mol. The van der Waals surface area contributed by atoms with Crippen molar-refractivity contribution in [3.05, 3.63) is 23.9 Å². The summed E-state index contributed by atoms with van der Waals surface area (Å²) in [6.45, 7) is 4.23. The maximum Gasteiger partial charge on any atom is 0.227 e. The van der Waals surface area contributed by atoms with Crippen molar-refractivity contribution in [3.63, 3.8) is 0 Å². The van der Waals surface area contributed by atoms with Crippen molar-refractivity contribution in [2.75, 3.05) is 25.0 Å². The molecule has 1 aromatic rings. The van der Waals surface area contributed by atoms with Crippen LogP contribution in [0.25, 0.3) is 0 Å². The van der Waals surface area contributed by atoms with Gasteiger partial charge in [-0.3, -0.25) is 9.79 Å². The lowest BCUT2D eigenvalue weighted by Gasteiger charge is -2.20. The minimum atomic E-state index is -0.0921. The summed E-state index contributed by atoms with van der Waals surface area (Å²) >= 11 is 0. The van der Waals surface area contributed by atoms with Gasteiger partial charge in [-0.25, -0.2) is 4.98 Å². The van der Waals surface area contributed by atoms with E-state index in [4.69, 9.17) is 5.73 Å². The third-order valence-electron chi connectivity index (χ3n) is 3.70. The van der Waals surface area contributed by atoms with Gasteiger partial charge in [0.1, 0.15) is 5.82 Å². The Morgan fingerprint density at radius 1 is 1.32 bits per heavy atom. The van der Waals surface area contributed by atoms with Crippen molar-refractivity contribution in [1.29, 1.82) is 0 Å². The molecule has 6 heteroatoms. The highest BCUT2D eigenvalue weighted by Gasteiger charge is 2.11. The first-order valence-electron chi connectivity index (χ1n) is 7.93. The van der Waals surface area contributed by atoms with Gasteiger partial charge in [0.25, 0.3) is 0 Å². The Bertz CT molecular complexity index is 521. The summed E-state index contributed by atoms with van der Waals surface area (Å²) in [5.41, 5.74) is 6.88. The standard InChI is InChI=1S/C16H25N5O/c1-13-7-6-8-14(19-13)20-15(22)9-10-18-16(17)21-11-4-2-3-5-12-21/h6-8H,2-5,9-12H2,1H3,(H2,17,18)(H,19,20,22). The van der Waals surface area contributed by atoms with Crippen LogP contribution in [0, 0.1) is 6.92 Å². The number of aliphatic imine (C=N–C) groups is 1. The van der Waals surface area contributed by atoms with Crippen LogP contribution in [0.15, 0.2) is 23.2 Å². The number of hydrogen-bond acceptors (Lipinski definition) is 3. The van der Waals surface area contributed by atoms with E-state index in [2.05, 4.69) is 20.2 Å². The van der Waals surface area contributed by atoms with Crippen molar-refractivity contribution < 1.29 is 4.79 Å². The monoisotopic (exact) mass is 303 g/mol. The lowest BCUT2D eigenvalue weighted by atomic mass is 10.2. The molecule has 2 rings (SSSR count). The normalized spacial score (nSPS) is 16.2. The van der Waals surface area contributed by atoms with Crippen molar-refractivity contribution in [3.8, 4) is 0 Å². The fourth-order valence-electron chi connectivity index (χ4n) is 2.49. The molecule has 6 nitrogen and oxygen atoms in total. The Morgan fingerprint density at radius 3 is 2.73 bits per heavy atom. The highest BCUT2D eigenvalue weighted by atomic mass is 16.1. The average Bonchev–Trinajstić information content (AvgIpc) is 2.76. The number of aromatic nitrogens is 1. The number of amides is 1. The molecule has 0 unspecified atom stereocenters. The number of hydrogen-bond donors (Lipinski definition) is 2. The van der Waals surface area contributed by atoms with Gasteiger partial charge >= 0.3 is 0 Å². The lowest BCUT2D eigenvalue weighted by Crippen LogP contribution is -2.38. The summed E-state index contributed by atoms with van der Waals surface area (Å²) in [7, 11) is 0. The van der Waals surface area contributed by atoms with Gasteiger partial charge in [0.15, 0.2) is 5.96 Å². The molecule has 1 fully saturated rings. The number of nitrogens with zero attached hydrogens (tertiary/aromatic N) is 3. The molecule has 0 aliphatic carbocycles. The quantitative estimate of drug-likeness (QED) is 0.657. The second-order valence-corrected chi connectivity index (χ2v) is 5.60. The highest BCUT2D eigenvalue weighted by molar-refractivity contribution is 5.90. The number of guanidine groups is 1. The van der Waals surface area contributed by atoms with Gasteiger partial charge in [0.05, 0.1) is 6.54 Å². The van der Waals surface area contributed by atoms with E-state index in [1.165, 1.54) is 12.8 Å². The Labute approximate surface area is 131 Å². The summed E-state index contributed by atoms with van der Waals surface area (Å²) in [4.78, 5) is 22.5. The largest absolute Gasteiger partial charge is 0.370 e. The number of nitrogens with one attached hydrogen (secondary N) is 1. The predicted octanol–water partition coefficient (Wildman–Crippen LogP) is 1.91. The molecule has 0 radical (unpaired) electrons. The van der Waals surface area contributed by atoms with Crippen LogP contribution in [0.5, 0.6) is 0 Å². The molecule has 1 aliphatic rings. The van der Waals surface area contributed by atoms with Crippen LogP contribution in [-0.2, 0) is 4.79 Å². The van der Waals surface area contributed by atoms with Crippen LogP contribution in [0.1, 0.15) is 37.8 Å². The number of nitrogens with two attached hydrogens (primary N) is 1. The molecule has 0 atom stereocenters. The first-order valence-corrected chi connectivity index (χ1v) is 7.93. The summed E-state index contributed by atoms with van der Waals surface area (Å²) < 4.78 is 0. The minimum absolute atomic E-state index is 0.0921. The van der Waals surface area contributed by atoms with E-state index in [1.807, 2.05) is 19.1 Å². The van der Waals surface area contributed by atoms with Crippen molar-refractivity contribution in [2.45, 2.75) is 39.0 Å². The summed E-state index contributed by atoms with van der Waals surface area (Å²) in [6, 6.07) is 5.54. The molecule has 1 amide bonds. The first-order chi connectivity index (χ1) is 10.6. The molecule has 22 heavy (non-hydrogen) atoms. The zero-order valence-electron chi connectivity index (χ0n) is 13.2. The van der Waals surface area contributed by atoms with E-state index in [9.17, 15) is 4.79 Å². The van der Waals surface area contributed by atoms with E-state index in [0.717, 1.165) is 31.6 Å². The van der Waals surface area contributed by atoms with Crippen LogP contribution in [0.4, 0.5) is 5.82 Å². The van der Waals surface area contributed by atoms with Crippen LogP contribution < -0.4 is 11.1 Å². The van der Waals surface area contributed by atoms with E-state index < -0.39 is 0 Å². The molecule has 1 saturated heterocycles. The molecular weight excluding hydrogens is 278 g/mol. The van der Waals surface area contributed by atoms with Crippen LogP contribution in [0.3, 0.4) is 0 Å². The molecule has 0 aromatic carbocycles. The van der Waals surface area contributed by atoms with E-state index in [0.29, 0.717) is 24.7 Å². The minimum Gasteiger partial charge on any atom is -0.370 e. The van der Waals surface area contributed by atoms with Gasteiger partial charge in [-0.15, -0.1) is 0 Å². The van der Waals surface area contributed by atoms with E-state index in [1.54, 1.807) is 6.07 Å². The van der Waals surface area contributed by atoms with Gasteiger partial charge in [0, 0.05) is 25.2 Å². The molecule has 1 aromatic heterocycles. The third-order valence-corrected chi connectivity index (χ3v) is 3.70. The average molecular weight is 303 g/mol. The van der Waals surface area contributed by atoms with E-state index in [-0.39, 0.29) is 5.91 Å². The fraction of sp³-hybridized carbons (Fsp3) is 0.562. The zero-order valence-corrected chi connectivity index (χ0v) is 13.2. The smallest absolute Gasteiger partial charge is 0.227 e. The number of aryl methyl sites for hydroxylation is 1. The summed E-state index contributed by atoms with van der Waals surface area (Å²) in [5, 5.41) is 2.77. The van der Waals surface area contributed by atoms with Gasteiger partial charge < -0.3 is 16.0 Å². The molecule has 0 bridgehead atoms. The molecular formula is C16H25N5O. The van der Waals surface area contributed by atoms with Crippen LogP contribution >= 0.6 is 0 Å².